The van der Waals surface area contributed by atoms with Gasteiger partial charge in [0, 0.05) is 42.8 Å². The zero-order valence-electron chi connectivity index (χ0n) is 19.1. The first kappa shape index (κ1) is 23.7. The average molecular weight is 436 g/mol. The number of ether oxygens (including phenoxy) is 1. The van der Waals surface area contributed by atoms with Crippen LogP contribution in [0.2, 0.25) is 0 Å². The van der Waals surface area contributed by atoms with E-state index in [9.17, 15) is 4.79 Å². The lowest BCUT2D eigenvalue weighted by molar-refractivity contribution is -0.124. The van der Waals surface area contributed by atoms with Crippen LogP contribution in [0.15, 0.2) is 60.8 Å². The summed E-state index contributed by atoms with van der Waals surface area (Å²) in [6.45, 7) is 9.49. The van der Waals surface area contributed by atoms with Gasteiger partial charge in [-0.05, 0) is 56.0 Å². The number of benzene rings is 2. The van der Waals surface area contributed by atoms with E-state index in [0.29, 0.717) is 6.61 Å². The summed E-state index contributed by atoms with van der Waals surface area (Å²) in [6, 6.07) is 16.5. The first-order valence-electron chi connectivity index (χ1n) is 11.0. The molecule has 3 rings (SSSR count). The number of hydroxylamine groups is 1. The Morgan fingerprint density at radius 1 is 1.12 bits per heavy atom. The second-order valence-electron chi connectivity index (χ2n) is 8.90. The van der Waals surface area contributed by atoms with E-state index in [4.69, 9.17) is 9.94 Å². The smallest absolute Gasteiger partial charge is 0.267 e. The van der Waals surface area contributed by atoms with E-state index in [-0.39, 0.29) is 5.60 Å². The van der Waals surface area contributed by atoms with Crippen molar-refractivity contribution in [3.63, 3.8) is 0 Å². The van der Waals surface area contributed by atoms with Gasteiger partial charge in [0.05, 0.1) is 12.2 Å². The van der Waals surface area contributed by atoms with E-state index in [1.54, 1.807) is 11.6 Å². The minimum atomic E-state index is -0.545. The Bertz CT molecular complexity index is 1030. The molecule has 0 aliphatic carbocycles. The van der Waals surface area contributed by atoms with Crippen LogP contribution in [0.3, 0.4) is 0 Å². The van der Waals surface area contributed by atoms with Crippen molar-refractivity contribution in [1.82, 2.24) is 15.4 Å². The Morgan fingerprint density at radius 2 is 1.88 bits per heavy atom. The van der Waals surface area contributed by atoms with Crippen molar-refractivity contribution in [2.24, 2.45) is 0 Å². The number of rotatable bonds is 10. The molecule has 6 nitrogen and oxygen atoms in total. The highest BCUT2D eigenvalue weighted by molar-refractivity contribution is 5.90. The first-order valence-corrected chi connectivity index (χ1v) is 11.0. The number of aromatic nitrogens is 1. The van der Waals surface area contributed by atoms with Crippen LogP contribution in [0, 0.1) is 0 Å². The van der Waals surface area contributed by atoms with Gasteiger partial charge in [-0.3, -0.25) is 14.9 Å². The zero-order chi connectivity index (χ0) is 23.0. The molecule has 1 heterocycles. The SMILES string of the molecule is CC(C)(C)OCCN(CCc1c[nH]c2ccccc12)Cc1ccc(/C=C/C(=O)NO)cc1. The molecule has 0 saturated heterocycles. The van der Waals surface area contributed by atoms with E-state index >= 15 is 0 Å². The molecule has 0 aliphatic heterocycles. The highest BCUT2D eigenvalue weighted by Crippen LogP contribution is 2.19. The van der Waals surface area contributed by atoms with Crippen molar-refractivity contribution in [2.75, 3.05) is 19.7 Å². The quantitative estimate of drug-likeness (QED) is 0.248. The summed E-state index contributed by atoms with van der Waals surface area (Å²) >= 11 is 0. The van der Waals surface area contributed by atoms with Gasteiger partial charge >= 0.3 is 0 Å². The Balaban J connectivity index is 1.65. The lowest BCUT2D eigenvalue weighted by Gasteiger charge is -2.26. The van der Waals surface area contributed by atoms with Crippen molar-refractivity contribution in [3.05, 3.63) is 77.5 Å². The third-order valence-electron chi connectivity index (χ3n) is 5.24. The fourth-order valence-electron chi connectivity index (χ4n) is 3.57. The molecule has 2 aromatic carbocycles. The molecule has 0 spiro atoms. The van der Waals surface area contributed by atoms with Crippen LogP contribution in [0.5, 0.6) is 0 Å². The molecule has 0 fully saturated rings. The molecule has 1 amide bonds. The molecule has 0 saturated carbocycles. The molecule has 32 heavy (non-hydrogen) atoms. The van der Waals surface area contributed by atoms with Crippen molar-refractivity contribution >= 4 is 22.9 Å². The number of nitrogens with one attached hydrogen (secondary N) is 2. The Hall–Kier alpha value is -2.93. The summed E-state index contributed by atoms with van der Waals surface area (Å²) < 4.78 is 5.97. The number of aromatic amines is 1. The minimum absolute atomic E-state index is 0.155. The molecule has 0 aliphatic rings. The van der Waals surface area contributed by atoms with Crippen molar-refractivity contribution < 1.29 is 14.7 Å². The molecule has 3 N–H and O–H groups in total. The van der Waals surface area contributed by atoms with Gasteiger partial charge in [0.1, 0.15) is 0 Å². The molecule has 0 unspecified atom stereocenters. The van der Waals surface area contributed by atoms with Crippen molar-refractivity contribution in [3.8, 4) is 0 Å². The third-order valence-corrected chi connectivity index (χ3v) is 5.24. The second-order valence-corrected chi connectivity index (χ2v) is 8.90. The monoisotopic (exact) mass is 435 g/mol. The van der Waals surface area contributed by atoms with E-state index in [1.807, 2.05) is 18.2 Å². The summed E-state index contributed by atoms with van der Waals surface area (Å²) in [5.74, 6) is -0.545. The molecule has 0 bridgehead atoms. The van der Waals surface area contributed by atoms with Gasteiger partial charge in [0.2, 0.25) is 0 Å². The van der Waals surface area contributed by atoms with Crippen LogP contribution < -0.4 is 5.48 Å². The standard InChI is InChI=1S/C26H33N3O3/c1-26(2,3)32-17-16-29(15-14-22-18-27-24-7-5-4-6-23(22)24)19-21-10-8-20(9-11-21)12-13-25(30)28-31/h4-13,18,27,31H,14-17,19H2,1-3H3,(H,28,30)/b13-12+. The fourth-order valence-corrected chi connectivity index (χ4v) is 3.57. The van der Waals surface area contributed by atoms with E-state index in [1.165, 1.54) is 28.1 Å². The predicted molar refractivity (Wildman–Crippen MR) is 128 cm³/mol. The Kier molecular flexibility index (Phi) is 8.22. The molecule has 0 atom stereocenters. The van der Waals surface area contributed by atoms with Gasteiger partial charge in [-0.25, -0.2) is 5.48 Å². The van der Waals surface area contributed by atoms with Gasteiger partial charge in [-0.1, -0.05) is 42.5 Å². The normalized spacial score (nSPS) is 12.2. The zero-order valence-corrected chi connectivity index (χ0v) is 19.1. The summed E-state index contributed by atoms with van der Waals surface area (Å²) in [4.78, 5) is 16.9. The van der Waals surface area contributed by atoms with Crippen LogP contribution >= 0.6 is 0 Å². The van der Waals surface area contributed by atoms with Gasteiger partial charge in [0.15, 0.2) is 0 Å². The number of carbonyl (C=O) groups excluding carboxylic acids is 1. The maximum Gasteiger partial charge on any atom is 0.267 e. The fraction of sp³-hybridized carbons (Fsp3) is 0.346. The minimum Gasteiger partial charge on any atom is -0.375 e. The molecule has 6 heteroatoms. The van der Waals surface area contributed by atoms with Gasteiger partial charge in [0.25, 0.3) is 5.91 Å². The maximum atomic E-state index is 11.2. The lowest BCUT2D eigenvalue weighted by Crippen LogP contribution is -2.32. The van der Waals surface area contributed by atoms with Gasteiger partial charge in [-0.2, -0.15) is 0 Å². The van der Waals surface area contributed by atoms with Crippen molar-refractivity contribution in [2.45, 2.75) is 39.3 Å². The number of para-hydroxylation sites is 1. The van der Waals surface area contributed by atoms with Crippen LogP contribution in [0.25, 0.3) is 17.0 Å². The highest BCUT2D eigenvalue weighted by atomic mass is 16.5. The summed E-state index contributed by atoms with van der Waals surface area (Å²) in [5, 5.41) is 9.87. The van der Waals surface area contributed by atoms with Gasteiger partial charge in [-0.15, -0.1) is 0 Å². The number of carbonyl (C=O) groups is 1. The molecule has 3 aromatic rings. The summed E-state index contributed by atoms with van der Waals surface area (Å²) in [5.41, 5.74) is 6.03. The Labute approximate surface area is 189 Å². The summed E-state index contributed by atoms with van der Waals surface area (Å²) in [7, 11) is 0. The lowest BCUT2D eigenvalue weighted by atomic mass is 10.1. The molecule has 0 radical (unpaired) electrons. The number of fused-ring (bicyclic) bond motifs is 1. The number of nitrogens with zero attached hydrogens (tertiary/aromatic N) is 1. The molecule has 170 valence electrons. The van der Waals surface area contributed by atoms with Crippen LogP contribution in [0.1, 0.15) is 37.5 Å². The topological polar surface area (TPSA) is 77.6 Å². The average Bonchev–Trinajstić information content (AvgIpc) is 3.19. The van der Waals surface area contributed by atoms with Crippen LogP contribution in [-0.2, 0) is 22.5 Å². The number of amides is 1. The van der Waals surface area contributed by atoms with Crippen LogP contribution in [-0.4, -0.2) is 46.3 Å². The molecular weight excluding hydrogens is 402 g/mol. The number of hydrogen-bond acceptors (Lipinski definition) is 4. The van der Waals surface area contributed by atoms with Gasteiger partial charge < -0.3 is 9.72 Å². The Morgan fingerprint density at radius 3 is 2.59 bits per heavy atom. The van der Waals surface area contributed by atoms with Crippen molar-refractivity contribution in [1.29, 1.82) is 0 Å². The number of hydrogen-bond donors (Lipinski definition) is 3. The summed E-state index contributed by atoms with van der Waals surface area (Å²) in [6.07, 6.45) is 6.03. The van der Waals surface area contributed by atoms with E-state index in [2.05, 4.69) is 67.2 Å². The predicted octanol–water partition coefficient (Wildman–Crippen LogP) is 4.55. The largest absolute Gasteiger partial charge is 0.375 e. The number of H-pyrrole nitrogens is 1. The molecule has 1 aromatic heterocycles. The first-order chi connectivity index (χ1) is 15.3. The van der Waals surface area contributed by atoms with E-state index < -0.39 is 5.91 Å². The maximum absolute atomic E-state index is 11.2. The second kappa shape index (κ2) is 11.1. The molecular formula is C26H33N3O3. The van der Waals surface area contributed by atoms with E-state index in [0.717, 1.165) is 31.6 Å². The third kappa shape index (κ3) is 7.34. The highest BCUT2D eigenvalue weighted by Gasteiger charge is 2.13. The van der Waals surface area contributed by atoms with Crippen LogP contribution in [0.4, 0.5) is 0 Å².